The molecule has 1 spiro atoms. The standard InChI is InChI=1S/C23H30N4O3/c1-26-16-23(9-11-27(12-10-23)22(28)18-7-13-29-14-8-18)15-19(26)20-24-21(30-25-20)17-5-3-2-4-6-17/h2-6,18-19H,7-16H2,1H3. The van der Waals surface area contributed by atoms with E-state index in [1.807, 2.05) is 30.3 Å². The van der Waals surface area contributed by atoms with E-state index in [-0.39, 0.29) is 17.4 Å². The van der Waals surface area contributed by atoms with Crippen molar-refractivity contribution in [3.63, 3.8) is 0 Å². The minimum atomic E-state index is 0.155. The number of hydrogen-bond donors (Lipinski definition) is 0. The summed E-state index contributed by atoms with van der Waals surface area (Å²) in [7, 11) is 2.15. The van der Waals surface area contributed by atoms with Gasteiger partial charge in [-0.2, -0.15) is 4.98 Å². The van der Waals surface area contributed by atoms with Crippen LogP contribution in [0.5, 0.6) is 0 Å². The summed E-state index contributed by atoms with van der Waals surface area (Å²) in [6, 6.07) is 10.1. The molecule has 30 heavy (non-hydrogen) atoms. The Labute approximate surface area is 177 Å². The molecule has 1 atom stereocenters. The Hall–Kier alpha value is -2.25. The van der Waals surface area contributed by atoms with Crippen LogP contribution < -0.4 is 0 Å². The summed E-state index contributed by atoms with van der Waals surface area (Å²) < 4.78 is 11.0. The molecule has 0 aliphatic carbocycles. The molecular formula is C23H30N4O3. The number of nitrogens with zero attached hydrogens (tertiary/aromatic N) is 4. The topological polar surface area (TPSA) is 71.7 Å². The Morgan fingerprint density at radius 3 is 2.60 bits per heavy atom. The first kappa shape index (κ1) is 19.7. The van der Waals surface area contributed by atoms with Gasteiger partial charge in [0.05, 0.1) is 6.04 Å². The Bertz CT molecular complexity index is 870. The summed E-state index contributed by atoms with van der Waals surface area (Å²) in [5.74, 6) is 1.84. The average molecular weight is 411 g/mol. The number of amides is 1. The zero-order valence-corrected chi connectivity index (χ0v) is 17.6. The molecule has 0 bridgehead atoms. The lowest BCUT2D eigenvalue weighted by atomic mass is 9.76. The average Bonchev–Trinajstić information content (AvgIpc) is 3.40. The van der Waals surface area contributed by atoms with Crippen molar-refractivity contribution in [1.29, 1.82) is 0 Å². The summed E-state index contributed by atoms with van der Waals surface area (Å²) in [4.78, 5) is 22.0. The zero-order chi connectivity index (χ0) is 20.6. The predicted molar refractivity (Wildman–Crippen MR) is 112 cm³/mol. The van der Waals surface area contributed by atoms with Crippen LogP contribution in [0.25, 0.3) is 11.5 Å². The quantitative estimate of drug-likeness (QED) is 0.774. The Balaban J connectivity index is 1.23. The van der Waals surface area contributed by atoms with Crippen molar-refractivity contribution < 1.29 is 14.1 Å². The number of piperidine rings is 1. The molecule has 1 aromatic heterocycles. The van der Waals surface area contributed by atoms with Gasteiger partial charge in [-0.15, -0.1) is 0 Å². The van der Waals surface area contributed by atoms with Crippen LogP contribution in [0.15, 0.2) is 34.9 Å². The minimum absolute atomic E-state index is 0.155. The van der Waals surface area contributed by atoms with Crippen LogP contribution in [-0.4, -0.2) is 65.7 Å². The molecule has 3 aliphatic heterocycles. The fourth-order valence-electron chi connectivity index (χ4n) is 5.39. The second-order valence-corrected chi connectivity index (χ2v) is 9.17. The third-order valence-corrected chi connectivity index (χ3v) is 7.21. The van der Waals surface area contributed by atoms with E-state index < -0.39 is 0 Å². The third-order valence-electron chi connectivity index (χ3n) is 7.21. The zero-order valence-electron chi connectivity index (χ0n) is 17.6. The number of aromatic nitrogens is 2. The lowest BCUT2D eigenvalue weighted by molar-refractivity contribution is -0.140. The molecular weight excluding hydrogens is 380 g/mol. The van der Waals surface area contributed by atoms with Crippen LogP contribution in [0.3, 0.4) is 0 Å². The summed E-state index contributed by atoms with van der Waals surface area (Å²) >= 11 is 0. The third kappa shape index (κ3) is 3.76. The van der Waals surface area contributed by atoms with Gasteiger partial charge in [0, 0.05) is 44.3 Å². The van der Waals surface area contributed by atoms with Gasteiger partial charge in [-0.3, -0.25) is 9.69 Å². The molecule has 0 radical (unpaired) electrons. The largest absolute Gasteiger partial charge is 0.381 e. The highest BCUT2D eigenvalue weighted by atomic mass is 16.5. The molecule has 3 fully saturated rings. The van der Waals surface area contributed by atoms with Crippen LogP contribution >= 0.6 is 0 Å². The molecule has 7 heteroatoms. The summed E-state index contributed by atoms with van der Waals surface area (Å²) in [5, 5.41) is 4.30. The fraction of sp³-hybridized carbons (Fsp3) is 0.609. The molecule has 7 nitrogen and oxygen atoms in total. The van der Waals surface area contributed by atoms with Crippen LogP contribution in [0.4, 0.5) is 0 Å². The number of carbonyl (C=O) groups excluding carboxylic acids is 1. The first-order chi connectivity index (χ1) is 14.6. The molecule has 160 valence electrons. The second-order valence-electron chi connectivity index (χ2n) is 9.17. The first-order valence-corrected chi connectivity index (χ1v) is 11.1. The maximum absolute atomic E-state index is 12.9. The van der Waals surface area contributed by atoms with Crippen molar-refractivity contribution in [3.05, 3.63) is 36.2 Å². The van der Waals surface area contributed by atoms with Gasteiger partial charge in [0.25, 0.3) is 5.89 Å². The molecule has 2 aromatic rings. The van der Waals surface area contributed by atoms with Gasteiger partial charge in [-0.25, -0.2) is 0 Å². The van der Waals surface area contributed by atoms with E-state index >= 15 is 0 Å². The van der Waals surface area contributed by atoms with E-state index in [0.717, 1.165) is 76.3 Å². The Morgan fingerprint density at radius 2 is 1.87 bits per heavy atom. The van der Waals surface area contributed by atoms with E-state index in [1.54, 1.807) is 0 Å². The summed E-state index contributed by atoms with van der Waals surface area (Å²) in [6.07, 6.45) is 4.86. The van der Waals surface area contributed by atoms with Crippen LogP contribution in [0, 0.1) is 11.3 Å². The van der Waals surface area contributed by atoms with Crippen molar-refractivity contribution in [3.8, 4) is 11.5 Å². The molecule has 0 saturated carbocycles. The number of likely N-dealkylation sites (tertiary alicyclic amines) is 2. The van der Waals surface area contributed by atoms with E-state index in [9.17, 15) is 4.79 Å². The molecule has 3 aliphatic rings. The molecule has 3 saturated heterocycles. The van der Waals surface area contributed by atoms with Gasteiger partial charge in [-0.05, 0) is 56.7 Å². The number of rotatable bonds is 3. The maximum atomic E-state index is 12.9. The molecule has 1 aromatic carbocycles. The van der Waals surface area contributed by atoms with Crippen molar-refractivity contribution >= 4 is 5.91 Å². The van der Waals surface area contributed by atoms with E-state index in [2.05, 4.69) is 22.0 Å². The van der Waals surface area contributed by atoms with Gasteiger partial charge in [0.2, 0.25) is 5.91 Å². The second kappa shape index (κ2) is 8.12. The normalized spacial score (nSPS) is 25.1. The lowest BCUT2D eigenvalue weighted by Crippen LogP contribution is -2.47. The predicted octanol–water partition coefficient (Wildman–Crippen LogP) is 3.15. The van der Waals surface area contributed by atoms with Crippen molar-refractivity contribution in [2.45, 2.75) is 38.1 Å². The van der Waals surface area contributed by atoms with E-state index in [1.165, 1.54) is 0 Å². The number of ether oxygens (including phenoxy) is 1. The van der Waals surface area contributed by atoms with Crippen LogP contribution in [0.2, 0.25) is 0 Å². The lowest BCUT2D eigenvalue weighted by Gasteiger charge is -2.40. The minimum Gasteiger partial charge on any atom is -0.381 e. The fourth-order valence-corrected chi connectivity index (χ4v) is 5.39. The monoisotopic (exact) mass is 410 g/mol. The van der Waals surface area contributed by atoms with Crippen molar-refractivity contribution in [1.82, 2.24) is 19.9 Å². The van der Waals surface area contributed by atoms with Crippen LogP contribution in [0.1, 0.15) is 44.0 Å². The molecule has 1 amide bonds. The highest BCUT2D eigenvalue weighted by Gasteiger charge is 2.47. The SMILES string of the molecule is CN1CC2(CCN(C(=O)C3CCOCC3)CC2)CC1c1noc(-c2ccccc2)n1. The Kier molecular flexibility index (Phi) is 5.33. The molecule has 1 unspecified atom stereocenters. The number of benzene rings is 1. The van der Waals surface area contributed by atoms with Gasteiger partial charge in [0.1, 0.15) is 0 Å². The molecule has 5 rings (SSSR count). The first-order valence-electron chi connectivity index (χ1n) is 11.1. The van der Waals surface area contributed by atoms with E-state index in [0.29, 0.717) is 11.8 Å². The molecule has 4 heterocycles. The van der Waals surface area contributed by atoms with Gasteiger partial charge < -0.3 is 14.2 Å². The van der Waals surface area contributed by atoms with Crippen LogP contribution in [-0.2, 0) is 9.53 Å². The van der Waals surface area contributed by atoms with Crippen molar-refractivity contribution in [2.75, 3.05) is 39.9 Å². The van der Waals surface area contributed by atoms with E-state index in [4.69, 9.17) is 14.2 Å². The smallest absolute Gasteiger partial charge is 0.257 e. The summed E-state index contributed by atoms with van der Waals surface area (Å²) in [5.41, 5.74) is 1.19. The maximum Gasteiger partial charge on any atom is 0.257 e. The van der Waals surface area contributed by atoms with Crippen molar-refractivity contribution in [2.24, 2.45) is 11.3 Å². The highest BCUT2D eigenvalue weighted by molar-refractivity contribution is 5.79. The van der Waals surface area contributed by atoms with Gasteiger partial charge in [0.15, 0.2) is 5.82 Å². The number of carbonyl (C=O) groups is 1. The molecule has 0 N–H and O–H groups in total. The highest BCUT2D eigenvalue weighted by Crippen LogP contribution is 2.48. The Morgan fingerprint density at radius 1 is 1.13 bits per heavy atom. The number of hydrogen-bond acceptors (Lipinski definition) is 6. The van der Waals surface area contributed by atoms with Gasteiger partial charge in [-0.1, -0.05) is 23.4 Å². The summed E-state index contributed by atoms with van der Waals surface area (Å²) in [6.45, 7) is 4.18. The van der Waals surface area contributed by atoms with Gasteiger partial charge >= 0.3 is 0 Å².